The van der Waals surface area contributed by atoms with E-state index in [1.165, 1.54) is 0 Å². The molecule has 0 unspecified atom stereocenters. The van der Waals surface area contributed by atoms with Crippen LogP contribution in [0.5, 0.6) is 0 Å². The molecule has 1 atom stereocenters. The van der Waals surface area contributed by atoms with Crippen LogP contribution in [0.1, 0.15) is 22.7 Å². The molecule has 0 aliphatic carbocycles. The van der Waals surface area contributed by atoms with E-state index in [4.69, 9.17) is 16.7 Å². The highest BCUT2D eigenvalue weighted by molar-refractivity contribution is 5.40. The minimum Gasteiger partial charge on any atom is -0.329 e. The Balaban J connectivity index is 3.04. The third-order valence-electron chi connectivity index (χ3n) is 2.05. The minimum absolute atomic E-state index is 0.133. The van der Waals surface area contributed by atoms with Gasteiger partial charge in [-0.05, 0) is 24.1 Å². The number of nitrogens with zero attached hydrogens (tertiary/aromatic N) is 1. The van der Waals surface area contributed by atoms with Crippen LogP contribution >= 0.6 is 0 Å². The molecule has 1 aromatic rings. The Kier molecular flexibility index (Phi) is 3.02. The van der Waals surface area contributed by atoms with E-state index < -0.39 is 0 Å². The quantitative estimate of drug-likeness (QED) is 0.698. The van der Waals surface area contributed by atoms with Crippen molar-refractivity contribution >= 4 is 0 Å². The lowest BCUT2D eigenvalue weighted by Crippen LogP contribution is -2.20. The lowest BCUT2D eigenvalue weighted by atomic mass is 10.0. The molecule has 0 aromatic heterocycles. The smallest absolute Gasteiger partial charge is 0.0994 e. The van der Waals surface area contributed by atoms with E-state index in [0.717, 1.165) is 11.1 Å². The monoisotopic (exact) mass is 175 g/mol. The summed E-state index contributed by atoms with van der Waals surface area (Å²) in [7, 11) is 0. The molecule has 0 bridgehead atoms. The molecule has 0 saturated carbocycles. The van der Waals surface area contributed by atoms with Crippen molar-refractivity contribution < 1.29 is 0 Å². The van der Waals surface area contributed by atoms with Crippen molar-refractivity contribution in [1.82, 2.24) is 0 Å². The summed E-state index contributed by atoms with van der Waals surface area (Å²) in [6.45, 7) is 2.32. The Morgan fingerprint density at radius 3 is 2.69 bits per heavy atom. The zero-order valence-corrected chi connectivity index (χ0v) is 7.62. The highest BCUT2D eigenvalue weighted by atomic mass is 14.7. The normalized spacial score (nSPS) is 12.2. The van der Waals surface area contributed by atoms with Gasteiger partial charge in [0.1, 0.15) is 0 Å². The Bertz CT molecular complexity index is 339. The van der Waals surface area contributed by atoms with Gasteiger partial charge in [-0.15, -0.1) is 0 Å². The van der Waals surface area contributed by atoms with Crippen LogP contribution in [0.3, 0.4) is 0 Å². The number of hydrogen-bond acceptors (Lipinski definition) is 3. The van der Waals surface area contributed by atoms with Gasteiger partial charge in [0.15, 0.2) is 0 Å². The second kappa shape index (κ2) is 4.04. The molecule has 0 aliphatic rings. The first kappa shape index (κ1) is 9.72. The van der Waals surface area contributed by atoms with E-state index in [1.54, 1.807) is 6.07 Å². The third-order valence-corrected chi connectivity index (χ3v) is 2.05. The van der Waals surface area contributed by atoms with E-state index in [0.29, 0.717) is 12.1 Å². The number of aryl methyl sites for hydroxylation is 1. The molecule has 13 heavy (non-hydrogen) atoms. The minimum atomic E-state index is -0.133. The Hall–Kier alpha value is -1.37. The van der Waals surface area contributed by atoms with Gasteiger partial charge in [-0.3, -0.25) is 0 Å². The molecule has 4 N–H and O–H groups in total. The highest BCUT2D eigenvalue weighted by Crippen LogP contribution is 2.14. The summed E-state index contributed by atoms with van der Waals surface area (Å²) < 4.78 is 0. The van der Waals surface area contributed by atoms with E-state index in [9.17, 15) is 0 Å². The van der Waals surface area contributed by atoms with Crippen LogP contribution < -0.4 is 11.5 Å². The summed E-state index contributed by atoms with van der Waals surface area (Å²) in [5.74, 6) is 0. The summed E-state index contributed by atoms with van der Waals surface area (Å²) in [6, 6.07) is 7.52. The van der Waals surface area contributed by atoms with Gasteiger partial charge in [0.05, 0.1) is 11.6 Å². The van der Waals surface area contributed by atoms with Crippen molar-refractivity contribution in [2.24, 2.45) is 11.5 Å². The fourth-order valence-electron chi connectivity index (χ4n) is 1.18. The van der Waals surface area contributed by atoms with Crippen molar-refractivity contribution in [3.8, 4) is 6.07 Å². The third kappa shape index (κ3) is 2.05. The molecular weight excluding hydrogens is 162 g/mol. The maximum Gasteiger partial charge on any atom is 0.0994 e. The number of nitriles is 1. The molecule has 0 spiro atoms. The van der Waals surface area contributed by atoms with Crippen LogP contribution in [0.4, 0.5) is 0 Å². The zero-order valence-electron chi connectivity index (χ0n) is 7.62. The molecular formula is C10H13N3. The lowest BCUT2D eigenvalue weighted by molar-refractivity contribution is 0.736. The van der Waals surface area contributed by atoms with Gasteiger partial charge in [0.25, 0.3) is 0 Å². The van der Waals surface area contributed by atoms with Crippen LogP contribution in [0.15, 0.2) is 18.2 Å². The zero-order chi connectivity index (χ0) is 9.84. The van der Waals surface area contributed by atoms with E-state index in [1.807, 2.05) is 19.1 Å². The Morgan fingerprint density at radius 2 is 2.23 bits per heavy atom. The predicted octanol–water partition coefficient (Wildman–Crippen LogP) is 0.825. The van der Waals surface area contributed by atoms with E-state index in [2.05, 4.69) is 6.07 Å². The summed E-state index contributed by atoms with van der Waals surface area (Å²) >= 11 is 0. The number of rotatable bonds is 2. The Morgan fingerprint density at radius 1 is 1.54 bits per heavy atom. The molecule has 3 nitrogen and oxygen atoms in total. The summed E-state index contributed by atoms with van der Waals surface area (Å²) in [4.78, 5) is 0. The fourth-order valence-corrected chi connectivity index (χ4v) is 1.18. The van der Waals surface area contributed by atoms with E-state index >= 15 is 0 Å². The Labute approximate surface area is 78.0 Å². The largest absolute Gasteiger partial charge is 0.329 e. The molecule has 0 fully saturated rings. The average Bonchev–Trinajstić information content (AvgIpc) is 2.16. The van der Waals surface area contributed by atoms with E-state index in [-0.39, 0.29) is 6.04 Å². The van der Waals surface area contributed by atoms with Crippen LogP contribution in [-0.2, 0) is 0 Å². The van der Waals surface area contributed by atoms with Gasteiger partial charge in [-0.1, -0.05) is 12.1 Å². The van der Waals surface area contributed by atoms with Gasteiger partial charge in [0.2, 0.25) is 0 Å². The van der Waals surface area contributed by atoms with Crippen molar-refractivity contribution in [3.63, 3.8) is 0 Å². The molecule has 0 saturated heterocycles. The van der Waals surface area contributed by atoms with Crippen molar-refractivity contribution in [3.05, 3.63) is 34.9 Å². The number of nitrogens with two attached hydrogens (primary N) is 2. The first-order valence-corrected chi connectivity index (χ1v) is 4.15. The van der Waals surface area contributed by atoms with Crippen molar-refractivity contribution in [2.75, 3.05) is 6.54 Å². The van der Waals surface area contributed by atoms with Crippen molar-refractivity contribution in [1.29, 1.82) is 5.26 Å². The van der Waals surface area contributed by atoms with Gasteiger partial charge in [0, 0.05) is 12.6 Å². The first-order valence-electron chi connectivity index (χ1n) is 4.15. The maximum atomic E-state index is 8.70. The molecule has 0 radical (unpaired) electrons. The molecule has 1 aromatic carbocycles. The molecule has 0 aliphatic heterocycles. The van der Waals surface area contributed by atoms with Gasteiger partial charge in [-0.25, -0.2) is 0 Å². The maximum absolute atomic E-state index is 8.70. The van der Waals surface area contributed by atoms with Crippen LogP contribution in [0, 0.1) is 18.3 Å². The summed E-state index contributed by atoms with van der Waals surface area (Å²) in [6.07, 6.45) is 0. The van der Waals surface area contributed by atoms with Crippen molar-refractivity contribution in [2.45, 2.75) is 13.0 Å². The standard InChI is InChI=1S/C10H13N3/c1-7-4-8(10(13)6-12)2-3-9(7)5-11/h2-4,10H,6,12-13H2,1H3/t10-/m0/s1. The fraction of sp³-hybridized carbons (Fsp3) is 0.300. The van der Waals surface area contributed by atoms with Gasteiger partial charge >= 0.3 is 0 Å². The molecule has 3 heteroatoms. The number of benzene rings is 1. The van der Waals surface area contributed by atoms with Crippen LogP contribution in [0.2, 0.25) is 0 Å². The average molecular weight is 175 g/mol. The second-order valence-corrected chi connectivity index (χ2v) is 3.03. The van der Waals surface area contributed by atoms with Crippen LogP contribution in [0.25, 0.3) is 0 Å². The van der Waals surface area contributed by atoms with Gasteiger partial charge < -0.3 is 11.5 Å². The first-order chi connectivity index (χ1) is 6.19. The second-order valence-electron chi connectivity index (χ2n) is 3.03. The molecule has 68 valence electrons. The predicted molar refractivity (Wildman–Crippen MR) is 51.9 cm³/mol. The summed E-state index contributed by atoms with van der Waals surface area (Å²) in [5.41, 5.74) is 13.8. The molecule has 1 rings (SSSR count). The topological polar surface area (TPSA) is 75.8 Å². The van der Waals surface area contributed by atoms with Gasteiger partial charge in [-0.2, -0.15) is 5.26 Å². The number of hydrogen-bond donors (Lipinski definition) is 2. The van der Waals surface area contributed by atoms with Crippen LogP contribution in [-0.4, -0.2) is 6.54 Å². The SMILES string of the molecule is Cc1cc([C@@H](N)CN)ccc1C#N. The highest BCUT2D eigenvalue weighted by Gasteiger charge is 2.05. The summed E-state index contributed by atoms with van der Waals surface area (Å²) in [5, 5.41) is 8.70. The molecule has 0 amide bonds. The lowest BCUT2D eigenvalue weighted by Gasteiger charge is -2.09. The molecule has 0 heterocycles.